The van der Waals surface area contributed by atoms with Gasteiger partial charge in [-0.3, -0.25) is 4.79 Å². The predicted octanol–water partition coefficient (Wildman–Crippen LogP) is 4.94. The van der Waals surface area contributed by atoms with Crippen LogP contribution in [0.25, 0.3) is 0 Å². The minimum absolute atomic E-state index is 0.0203. The third-order valence-corrected chi connectivity index (χ3v) is 5.66. The molecular weight excluding hydrogens is 451 g/mol. The van der Waals surface area contributed by atoms with Gasteiger partial charge in [-0.05, 0) is 60.7 Å². The Labute approximate surface area is 195 Å². The molecule has 2 amide bonds. The van der Waals surface area contributed by atoms with Crippen molar-refractivity contribution in [2.24, 2.45) is 0 Å². The predicted molar refractivity (Wildman–Crippen MR) is 126 cm³/mol. The summed E-state index contributed by atoms with van der Waals surface area (Å²) >= 11 is 11.7. The lowest BCUT2D eigenvalue weighted by molar-refractivity contribution is -0.127. The van der Waals surface area contributed by atoms with Gasteiger partial charge in [-0.15, -0.1) is 0 Å². The standard InChI is InChI=1S/C24H20Cl2N2O4/c25-17-1-9-21(10-2-17)31-15-23(29)27-19-5-7-20(8-6-19)28(13-14-28)24(30)16-32-22-11-3-18(26)4-12-22/h1-12H,13-16H2/p+1. The molecule has 0 aromatic heterocycles. The molecule has 4 rings (SSSR count). The first-order valence-corrected chi connectivity index (χ1v) is 10.8. The van der Waals surface area contributed by atoms with Gasteiger partial charge in [0.15, 0.2) is 6.61 Å². The molecule has 0 spiro atoms. The number of carbonyl (C=O) groups is 2. The van der Waals surface area contributed by atoms with E-state index < -0.39 is 0 Å². The fraction of sp³-hybridized carbons (Fsp3) is 0.167. The van der Waals surface area contributed by atoms with Gasteiger partial charge in [-0.25, -0.2) is 9.28 Å². The van der Waals surface area contributed by atoms with E-state index in [0.717, 1.165) is 18.8 Å². The number of amides is 2. The number of ether oxygens (including phenoxy) is 2. The van der Waals surface area contributed by atoms with E-state index in [-0.39, 0.29) is 29.5 Å². The number of nitrogens with one attached hydrogen (secondary N) is 1. The van der Waals surface area contributed by atoms with E-state index in [1.54, 1.807) is 60.7 Å². The van der Waals surface area contributed by atoms with E-state index in [1.807, 2.05) is 12.1 Å². The van der Waals surface area contributed by atoms with E-state index in [4.69, 9.17) is 32.7 Å². The molecule has 3 aromatic carbocycles. The second-order valence-electron chi connectivity index (χ2n) is 7.39. The Kier molecular flexibility index (Phi) is 6.65. The molecule has 0 radical (unpaired) electrons. The lowest BCUT2D eigenvalue weighted by atomic mass is 10.2. The molecule has 1 heterocycles. The normalized spacial score (nSPS) is 13.8. The van der Waals surface area contributed by atoms with Gasteiger partial charge in [0.05, 0.1) is 0 Å². The highest BCUT2D eigenvalue weighted by Gasteiger charge is 2.52. The molecule has 0 saturated carbocycles. The molecule has 3 aromatic rings. The number of benzene rings is 3. The van der Waals surface area contributed by atoms with Crippen LogP contribution in [0.3, 0.4) is 0 Å². The molecule has 0 atom stereocenters. The third kappa shape index (κ3) is 5.40. The van der Waals surface area contributed by atoms with Crippen LogP contribution in [0.15, 0.2) is 72.8 Å². The Hall–Kier alpha value is -3.06. The number of halogens is 2. The summed E-state index contributed by atoms with van der Waals surface area (Å²) in [4.78, 5) is 24.9. The van der Waals surface area contributed by atoms with E-state index >= 15 is 0 Å². The van der Waals surface area contributed by atoms with Gasteiger partial charge in [0.1, 0.15) is 30.3 Å². The van der Waals surface area contributed by atoms with Gasteiger partial charge in [0.25, 0.3) is 5.91 Å². The van der Waals surface area contributed by atoms with Crippen molar-refractivity contribution < 1.29 is 19.1 Å². The lowest BCUT2D eigenvalue weighted by Gasteiger charge is -2.16. The topological polar surface area (TPSA) is 64.6 Å². The molecule has 0 bridgehead atoms. The molecule has 1 fully saturated rings. The van der Waals surface area contributed by atoms with Crippen molar-refractivity contribution >= 4 is 46.4 Å². The highest BCUT2D eigenvalue weighted by Crippen LogP contribution is 2.33. The van der Waals surface area contributed by atoms with Gasteiger partial charge in [0.2, 0.25) is 6.61 Å². The molecule has 1 N–H and O–H groups in total. The Morgan fingerprint density at radius 2 is 1.25 bits per heavy atom. The van der Waals surface area contributed by atoms with E-state index in [1.165, 1.54) is 0 Å². The second-order valence-corrected chi connectivity index (χ2v) is 8.26. The summed E-state index contributed by atoms with van der Waals surface area (Å²) < 4.78 is 11.3. The van der Waals surface area contributed by atoms with Gasteiger partial charge in [0, 0.05) is 27.9 Å². The molecule has 1 aliphatic rings. The molecule has 0 unspecified atom stereocenters. The van der Waals surface area contributed by atoms with Crippen molar-refractivity contribution in [3.63, 3.8) is 0 Å². The minimum atomic E-state index is -0.282. The van der Waals surface area contributed by atoms with Crippen LogP contribution < -0.4 is 19.3 Å². The van der Waals surface area contributed by atoms with Crippen LogP contribution in [0, 0.1) is 0 Å². The number of hydrogen-bond donors (Lipinski definition) is 1. The summed E-state index contributed by atoms with van der Waals surface area (Å²) in [6, 6.07) is 21.0. The van der Waals surface area contributed by atoms with Crippen molar-refractivity contribution in [3.8, 4) is 11.5 Å². The zero-order chi connectivity index (χ0) is 22.6. The minimum Gasteiger partial charge on any atom is -0.484 e. The zero-order valence-corrected chi connectivity index (χ0v) is 18.6. The van der Waals surface area contributed by atoms with E-state index in [9.17, 15) is 9.59 Å². The fourth-order valence-electron chi connectivity index (χ4n) is 3.26. The quantitative estimate of drug-likeness (QED) is 0.373. The average Bonchev–Trinajstić information content (AvgIpc) is 3.61. The summed E-state index contributed by atoms with van der Waals surface area (Å²) in [6.07, 6.45) is 0. The maximum Gasteiger partial charge on any atom is 0.356 e. The number of hydrogen-bond acceptors (Lipinski definition) is 4. The van der Waals surface area contributed by atoms with Crippen LogP contribution in [-0.2, 0) is 9.59 Å². The highest BCUT2D eigenvalue weighted by atomic mass is 35.5. The van der Waals surface area contributed by atoms with Crippen molar-refractivity contribution in [3.05, 3.63) is 82.8 Å². The van der Waals surface area contributed by atoms with Gasteiger partial charge in [-0.2, -0.15) is 0 Å². The molecular formula is C24H21Cl2N2O4+. The van der Waals surface area contributed by atoms with Gasteiger partial charge >= 0.3 is 5.91 Å². The summed E-state index contributed by atoms with van der Waals surface area (Å²) in [6.45, 7) is 1.30. The van der Waals surface area contributed by atoms with Crippen LogP contribution in [0.2, 0.25) is 10.0 Å². The first-order chi connectivity index (χ1) is 15.4. The number of nitrogens with zero attached hydrogens (tertiary/aromatic N) is 1. The molecule has 8 heteroatoms. The molecule has 1 saturated heterocycles. The van der Waals surface area contributed by atoms with Crippen molar-refractivity contribution in [1.82, 2.24) is 4.48 Å². The zero-order valence-electron chi connectivity index (χ0n) is 17.1. The molecule has 6 nitrogen and oxygen atoms in total. The molecule has 32 heavy (non-hydrogen) atoms. The number of anilines is 1. The number of carbonyl (C=O) groups excluding carboxylic acids is 2. The third-order valence-electron chi connectivity index (χ3n) is 5.15. The summed E-state index contributed by atoms with van der Waals surface area (Å²) in [5.41, 5.74) is 1.49. The number of rotatable bonds is 8. The largest absolute Gasteiger partial charge is 0.484 e. The SMILES string of the molecule is O=C(COc1ccc(Cl)cc1)Nc1ccc([N+]2(C(=O)COc3ccc(Cl)cc3)CC2)cc1. The highest BCUT2D eigenvalue weighted by molar-refractivity contribution is 6.30. The maximum absolute atomic E-state index is 12.8. The summed E-state index contributed by atoms with van der Waals surface area (Å²) in [5.74, 6) is 0.859. The Balaban J connectivity index is 1.30. The van der Waals surface area contributed by atoms with Crippen molar-refractivity contribution in [2.45, 2.75) is 0 Å². The van der Waals surface area contributed by atoms with Crippen molar-refractivity contribution in [2.75, 3.05) is 31.6 Å². The smallest absolute Gasteiger partial charge is 0.356 e. The Morgan fingerprint density at radius 3 is 1.75 bits per heavy atom. The molecule has 1 aliphatic heterocycles. The van der Waals surface area contributed by atoms with Crippen LogP contribution in [-0.4, -0.2) is 38.1 Å². The van der Waals surface area contributed by atoms with Crippen LogP contribution in [0.4, 0.5) is 11.4 Å². The molecule has 164 valence electrons. The van der Waals surface area contributed by atoms with Crippen molar-refractivity contribution in [1.29, 1.82) is 0 Å². The average molecular weight is 472 g/mol. The maximum atomic E-state index is 12.8. The molecule has 0 aliphatic carbocycles. The van der Waals surface area contributed by atoms with Gasteiger partial charge in [-0.1, -0.05) is 23.2 Å². The first kappa shape index (κ1) is 22.1. The Bertz CT molecular complexity index is 1100. The second kappa shape index (κ2) is 9.61. The summed E-state index contributed by atoms with van der Waals surface area (Å²) in [7, 11) is 0. The number of quaternary nitrogens is 1. The van der Waals surface area contributed by atoms with Crippen LogP contribution in [0.5, 0.6) is 11.5 Å². The van der Waals surface area contributed by atoms with Gasteiger partial charge < -0.3 is 14.8 Å². The lowest BCUT2D eigenvalue weighted by Crippen LogP contribution is -2.38. The van der Waals surface area contributed by atoms with E-state index in [2.05, 4.69) is 5.32 Å². The Morgan fingerprint density at radius 1 is 0.750 bits per heavy atom. The van der Waals surface area contributed by atoms with Crippen LogP contribution >= 0.6 is 23.2 Å². The van der Waals surface area contributed by atoms with E-state index in [0.29, 0.717) is 27.2 Å². The first-order valence-electron chi connectivity index (χ1n) is 10.0. The monoisotopic (exact) mass is 471 g/mol. The fourth-order valence-corrected chi connectivity index (χ4v) is 3.51. The van der Waals surface area contributed by atoms with Crippen LogP contribution in [0.1, 0.15) is 0 Å². The summed E-state index contributed by atoms with van der Waals surface area (Å²) in [5, 5.41) is 4.00.